The number of hydrogen-bond acceptors (Lipinski definition) is 2. The highest BCUT2D eigenvalue weighted by molar-refractivity contribution is 5.68. The molecule has 0 saturated carbocycles. The molecule has 0 aliphatic rings. The largest absolute Gasteiger partial charge is 0.389 e. The van der Waals surface area contributed by atoms with E-state index < -0.39 is 6.10 Å². The number of rotatable bonds is 3. The minimum atomic E-state index is -0.513. The summed E-state index contributed by atoms with van der Waals surface area (Å²) >= 11 is 0. The maximum Gasteiger partial charge on any atom is 0.0756 e. The van der Waals surface area contributed by atoms with Gasteiger partial charge in [0.1, 0.15) is 0 Å². The van der Waals surface area contributed by atoms with Crippen LogP contribution in [-0.4, -0.2) is 17.4 Å². The third-order valence-corrected chi connectivity index (χ3v) is 0.943. The summed E-state index contributed by atoms with van der Waals surface area (Å²) < 4.78 is 0. The second-order valence-corrected chi connectivity index (χ2v) is 1.78. The van der Waals surface area contributed by atoms with Crippen LogP contribution in [0.15, 0.2) is 24.3 Å². The van der Waals surface area contributed by atoms with E-state index in [1.165, 1.54) is 6.08 Å². The molecule has 50 valence electrons. The molecule has 0 heterocycles. The topological polar surface area (TPSA) is 44.1 Å². The Hall–Kier alpha value is -0.890. The van der Waals surface area contributed by atoms with E-state index in [0.29, 0.717) is 5.57 Å². The molecule has 0 radical (unpaired) electrons. The summed E-state index contributed by atoms with van der Waals surface area (Å²) in [5.74, 6) is 0. The first-order valence-corrected chi connectivity index (χ1v) is 2.72. The molecule has 0 fully saturated rings. The molecule has 0 aromatic heterocycles. The molecule has 0 rings (SSSR count). The fraction of sp³-hybridized carbons (Fsp3) is 0.286. The van der Waals surface area contributed by atoms with Crippen LogP contribution in [0.1, 0.15) is 6.92 Å². The van der Waals surface area contributed by atoms with Crippen LogP contribution in [0.5, 0.6) is 0 Å². The van der Waals surface area contributed by atoms with Crippen molar-refractivity contribution in [1.29, 1.82) is 5.41 Å². The lowest BCUT2D eigenvalue weighted by atomic mass is 10.2. The highest BCUT2D eigenvalue weighted by Gasteiger charge is 1.93. The minimum absolute atomic E-state index is 0.513. The van der Waals surface area contributed by atoms with Crippen molar-refractivity contribution in [2.45, 2.75) is 13.0 Å². The molecule has 0 amide bonds. The van der Waals surface area contributed by atoms with E-state index in [-0.39, 0.29) is 0 Å². The lowest BCUT2D eigenvalue weighted by Crippen LogP contribution is -1.99. The third kappa shape index (κ3) is 3.67. The monoisotopic (exact) mass is 125 g/mol. The number of hydrogen-bond donors (Lipinski definition) is 2. The Kier molecular flexibility index (Phi) is 3.64. The molecule has 0 aromatic rings. The van der Waals surface area contributed by atoms with Gasteiger partial charge in [0.05, 0.1) is 6.10 Å². The summed E-state index contributed by atoms with van der Waals surface area (Å²) in [6, 6.07) is 0. The number of nitrogens with one attached hydrogen (secondary N) is 1. The van der Waals surface area contributed by atoms with E-state index in [9.17, 15) is 0 Å². The van der Waals surface area contributed by atoms with Crippen molar-refractivity contribution in [3.05, 3.63) is 24.3 Å². The Morgan fingerprint density at radius 3 is 2.67 bits per heavy atom. The highest BCUT2D eigenvalue weighted by atomic mass is 16.3. The Labute approximate surface area is 55.0 Å². The van der Waals surface area contributed by atoms with Crippen LogP contribution in [0, 0.1) is 5.41 Å². The lowest BCUT2D eigenvalue weighted by Gasteiger charge is -1.99. The molecule has 2 heteroatoms. The molecular weight excluding hydrogens is 114 g/mol. The van der Waals surface area contributed by atoms with Gasteiger partial charge in [0.25, 0.3) is 0 Å². The van der Waals surface area contributed by atoms with Crippen LogP contribution in [0.25, 0.3) is 0 Å². The molecule has 2 nitrogen and oxygen atoms in total. The van der Waals surface area contributed by atoms with Crippen LogP contribution in [0.3, 0.4) is 0 Å². The average molecular weight is 125 g/mol. The van der Waals surface area contributed by atoms with Crippen molar-refractivity contribution in [3.8, 4) is 0 Å². The van der Waals surface area contributed by atoms with Crippen LogP contribution in [-0.2, 0) is 0 Å². The Balaban J connectivity index is 3.76. The normalized spacial score (nSPS) is 13.6. The predicted molar refractivity (Wildman–Crippen MR) is 38.7 cm³/mol. The number of aliphatic hydroxyl groups excluding tert-OH is 1. The van der Waals surface area contributed by atoms with Crippen LogP contribution < -0.4 is 0 Å². The first-order valence-electron chi connectivity index (χ1n) is 2.72. The standard InChI is InChI=1S/C7H11NO/c1-6(7(2)9)4-3-5-8/h3-5,7-9H,1H2,2H3/b4-3-,8-5?. The molecule has 9 heavy (non-hydrogen) atoms. The van der Waals surface area contributed by atoms with Crippen LogP contribution in [0.4, 0.5) is 0 Å². The Bertz CT molecular complexity index is 136. The van der Waals surface area contributed by atoms with Crippen LogP contribution >= 0.6 is 0 Å². The van der Waals surface area contributed by atoms with E-state index >= 15 is 0 Å². The molecule has 0 bridgehead atoms. The Morgan fingerprint density at radius 2 is 2.33 bits per heavy atom. The zero-order valence-corrected chi connectivity index (χ0v) is 5.46. The van der Waals surface area contributed by atoms with Gasteiger partial charge < -0.3 is 10.5 Å². The van der Waals surface area contributed by atoms with Gasteiger partial charge in [-0.3, -0.25) is 0 Å². The second kappa shape index (κ2) is 4.04. The molecular formula is C7H11NO. The first-order chi connectivity index (χ1) is 4.18. The lowest BCUT2D eigenvalue weighted by molar-refractivity contribution is 0.236. The van der Waals surface area contributed by atoms with E-state index in [0.717, 1.165) is 6.21 Å². The zero-order chi connectivity index (χ0) is 7.28. The maximum absolute atomic E-state index is 8.82. The van der Waals surface area contributed by atoms with E-state index in [2.05, 4.69) is 6.58 Å². The number of allylic oxidation sites excluding steroid dienone is 1. The van der Waals surface area contributed by atoms with Gasteiger partial charge >= 0.3 is 0 Å². The fourth-order valence-electron chi connectivity index (χ4n) is 0.311. The van der Waals surface area contributed by atoms with Gasteiger partial charge in [-0.2, -0.15) is 0 Å². The fourth-order valence-corrected chi connectivity index (χ4v) is 0.311. The molecule has 1 atom stereocenters. The van der Waals surface area contributed by atoms with Crippen molar-refractivity contribution in [2.24, 2.45) is 0 Å². The third-order valence-electron chi connectivity index (χ3n) is 0.943. The van der Waals surface area contributed by atoms with E-state index in [1.807, 2.05) is 0 Å². The van der Waals surface area contributed by atoms with Crippen molar-refractivity contribution in [1.82, 2.24) is 0 Å². The molecule has 0 spiro atoms. The SMILES string of the molecule is C=C(/C=C\C=N)C(C)O. The average Bonchev–Trinajstić information content (AvgIpc) is 1.82. The van der Waals surface area contributed by atoms with Gasteiger partial charge in [0.2, 0.25) is 0 Å². The van der Waals surface area contributed by atoms with Gasteiger partial charge in [0, 0.05) is 6.21 Å². The Morgan fingerprint density at radius 1 is 1.78 bits per heavy atom. The molecule has 0 aliphatic heterocycles. The summed E-state index contributed by atoms with van der Waals surface area (Å²) in [4.78, 5) is 0. The minimum Gasteiger partial charge on any atom is -0.389 e. The summed E-state index contributed by atoms with van der Waals surface area (Å²) in [5, 5.41) is 15.4. The van der Waals surface area contributed by atoms with Gasteiger partial charge in [-0.05, 0) is 18.6 Å². The quantitative estimate of drug-likeness (QED) is 0.431. The predicted octanol–water partition coefficient (Wildman–Crippen LogP) is 1.13. The van der Waals surface area contributed by atoms with Crippen molar-refractivity contribution < 1.29 is 5.11 Å². The molecule has 2 N–H and O–H groups in total. The van der Waals surface area contributed by atoms with Gasteiger partial charge in [-0.25, -0.2) is 0 Å². The van der Waals surface area contributed by atoms with Crippen molar-refractivity contribution in [3.63, 3.8) is 0 Å². The van der Waals surface area contributed by atoms with Crippen LogP contribution in [0.2, 0.25) is 0 Å². The maximum atomic E-state index is 8.82. The molecule has 0 aromatic carbocycles. The molecule has 1 unspecified atom stereocenters. The first kappa shape index (κ1) is 8.11. The van der Waals surface area contributed by atoms with Gasteiger partial charge in [-0.15, -0.1) is 0 Å². The van der Waals surface area contributed by atoms with E-state index in [1.54, 1.807) is 13.0 Å². The summed E-state index contributed by atoms with van der Waals surface area (Å²) in [6.45, 7) is 5.19. The van der Waals surface area contributed by atoms with Crippen molar-refractivity contribution in [2.75, 3.05) is 0 Å². The smallest absolute Gasteiger partial charge is 0.0756 e. The summed E-state index contributed by atoms with van der Waals surface area (Å²) in [7, 11) is 0. The second-order valence-electron chi connectivity index (χ2n) is 1.78. The summed E-state index contributed by atoms with van der Waals surface area (Å²) in [5.41, 5.74) is 0.624. The molecule has 0 saturated heterocycles. The van der Waals surface area contributed by atoms with Crippen molar-refractivity contribution >= 4 is 6.21 Å². The van der Waals surface area contributed by atoms with Gasteiger partial charge in [0.15, 0.2) is 0 Å². The highest BCUT2D eigenvalue weighted by Crippen LogP contribution is 1.97. The molecule has 0 aliphatic carbocycles. The number of aliphatic hydroxyl groups is 1. The summed E-state index contributed by atoms with van der Waals surface area (Å²) in [6.07, 6.45) is 3.77. The van der Waals surface area contributed by atoms with Gasteiger partial charge in [-0.1, -0.05) is 12.7 Å². The zero-order valence-electron chi connectivity index (χ0n) is 5.46. The van der Waals surface area contributed by atoms with E-state index in [4.69, 9.17) is 10.5 Å².